The largest absolute Gasteiger partial charge is 0.359 e. The molecule has 3 N–H and O–H groups in total. The van der Waals surface area contributed by atoms with E-state index in [-0.39, 0.29) is 28.6 Å². The Morgan fingerprint density at radius 1 is 1.03 bits per heavy atom. The van der Waals surface area contributed by atoms with Gasteiger partial charge < -0.3 is 16.0 Å². The molecule has 0 aromatic heterocycles. The fourth-order valence-corrected chi connectivity index (χ4v) is 5.58. The van der Waals surface area contributed by atoms with E-state index < -0.39 is 19.8 Å². The first kappa shape index (κ1) is 28.0. The van der Waals surface area contributed by atoms with Crippen LogP contribution in [-0.2, 0) is 14.6 Å². The van der Waals surface area contributed by atoms with E-state index in [2.05, 4.69) is 22.9 Å². The molecule has 1 aliphatic heterocycles. The number of carbonyl (C=O) groups is 1. The van der Waals surface area contributed by atoms with E-state index in [1.807, 2.05) is 0 Å². The molecule has 0 aromatic rings. The number of amides is 1. The summed E-state index contributed by atoms with van der Waals surface area (Å²) in [5.41, 5.74) is 0. The molecule has 2 atom stereocenters. The first-order chi connectivity index (χ1) is 14.0. The molecule has 1 amide bonds. The normalized spacial score (nSPS) is 19.3. The third kappa shape index (κ3) is 12.7. The lowest BCUT2D eigenvalue weighted by Crippen LogP contribution is -2.58. The van der Waals surface area contributed by atoms with Gasteiger partial charge in [0.1, 0.15) is 6.17 Å². The molecule has 1 rings (SSSR count). The van der Waals surface area contributed by atoms with Gasteiger partial charge in [0.05, 0.1) is 11.5 Å². The van der Waals surface area contributed by atoms with Crippen LogP contribution in [0.2, 0.25) is 0 Å². The molecule has 1 aliphatic rings. The van der Waals surface area contributed by atoms with Gasteiger partial charge in [-0.15, -0.1) is 0 Å². The van der Waals surface area contributed by atoms with E-state index in [1.165, 1.54) is 38.5 Å². The first-order valence-corrected chi connectivity index (χ1v) is 14.0. The molecule has 1 saturated heterocycles. The number of nitrogens with one attached hydrogen (secondary N) is 3. The van der Waals surface area contributed by atoms with Crippen molar-refractivity contribution in [2.45, 2.75) is 93.6 Å². The van der Waals surface area contributed by atoms with Crippen molar-refractivity contribution in [3.05, 3.63) is 0 Å². The van der Waals surface area contributed by atoms with E-state index in [4.69, 9.17) is 47.0 Å². The summed E-state index contributed by atoms with van der Waals surface area (Å²) in [5.74, 6) is -0.0949. The molecule has 11 heteroatoms. The Kier molecular flexibility index (Phi) is 13.3. The number of hydrogen-bond acceptors (Lipinski definition) is 4. The van der Waals surface area contributed by atoms with E-state index in [0.29, 0.717) is 12.8 Å². The molecule has 0 aliphatic carbocycles. The van der Waals surface area contributed by atoms with Crippen LogP contribution in [0.4, 0.5) is 0 Å². The maximum absolute atomic E-state index is 12.2. The van der Waals surface area contributed by atoms with Crippen LogP contribution in [0.3, 0.4) is 0 Å². The highest BCUT2D eigenvalue weighted by molar-refractivity contribution is 7.91. The minimum Gasteiger partial charge on any atom is -0.359 e. The van der Waals surface area contributed by atoms with Crippen LogP contribution < -0.4 is 16.0 Å². The number of halogens is 3. The summed E-state index contributed by atoms with van der Waals surface area (Å²) in [6, 6.07) is -0.288. The van der Waals surface area contributed by atoms with Gasteiger partial charge in [0, 0.05) is 12.5 Å². The lowest BCUT2D eigenvalue weighted by Gasteiger charge is -2.28. The van der Waals surface area contributed by atoms with Crippen LogP contribution >= 0.6 is 47.0 Å². The molecule has 1 heterocycles. The van der Waals surface area contributed by atoms with Gasteiger partial charge in [0.15, 0.2) is 14.9 Å². The molecular weight excluding hydrogens is 489 g/mol. The van der Waals surface area contributed by atoms with Gasteiger partial charge in [-0.05, 0) is 25.1 Å². The van der Waals surface area contributed by atoms with Crippen LogP contribution in [0.1, 0.15) is 77.6 Å². The topological polar surface area (TPSA) is 87.3 Å². The van der Waals surface area contributed by atoms with Gasteiger partial charge in [-0.1, -0.05) is 93.1 Å². The average Bonchev–Trinajstić information content (AvgIpc) is 2.97. The van der Waals surface area contributed by atoms with Crippen molar-refractivity contribution in [2.75, 3.05) is 11.5 Å². The molecule has 1 fully saturated rings. The molecule has 30 heavy (non-hydrogen) atoms. The predicted molar refractivity (Wildman–Crippen MR) is 130 cm³/mol. The summed E-state index contributed by atoms with van der Waals surface area (Å²) in [6.07, 6.45) is 10.3. The summed E-state index contributed by atoms with van der Waals surface area (Å²) in [6.45, 7) is 2.21. The van der Waals surface area contributed by atoms with Crippen LogP contribution in [0.15, 0.2) is 0 Å². The molecule has 2 unspecified atom stereocenters. The van der Waals surface area contributed by atoms with Crippen LogP contribution in [0.25, 0.3) is 0 Å². The zero-order valence-electron chi connectivity index (χ0n) is 17.5. The van der Waals surface area contributed by atoms with E-state index in [0.717, 1.165) is 19.3 Å². The van der Waals surface area contributed by atoms with Gasteiger partial charge >= 0.3 is 0 Å². The average molecular weight is 523 g/mol. The number of thiocarbonyl (C=S) groups is 1. The highest BCUT2D eigenvalue weighted by atomic mass is 35.6. The molecule has 0 saturated carbocycles. The van der Waals surface area contributed by atoms with Crippen LogP contribution in [0.5, 0.6) is 0 Å². The molecule has 0 aromatic carbocycles. The van der Waals surface area contributed by atoms with Crippen molar-refractivity contribution >= 4 is 67.9 Å². The number of sulfone groups is 1. The van der Waals surface area contributed by atoms with Gasteiger partial charge in [-0.25, -0.2) is 8.42 Å². The summed E-state index contributed by atoms with van der Waals surface area (Å²) in [4.78, 5) is 12.2. The van der Waals surface area contributed by atoms with Gasteiger partial charge in [0.25, 0.3) is 0 Å². The zero-order valence-corrected chi connectivity index (χ0v) is 21.4. The molecule has 0 bridgehead atoms. The Bertz CT molecular complexity index is 643. The van der Waals surface area contributed by atoms with Gasteiger partial charge in [-0.2, -0.15) is 0 Å². The lowest BCUT2D eigenvalue weighted by molar-refractivity contribution is -0.122. The van der Waals surface area contributed by atoms with E-state index in [9.17, 15) is 13.2 Å². The van der Waals surface area contributed by atoms with Crippen molar-refractivity contribution in [2.24, 2.45) is 0 Å². The fourth-order valence-electron chi connectivity index (χ4n) is 3.30. The number of hydrogen-bond donors (Lipinski definition) is 3. The molecule has 176 valence electrons. The first-order valence-electron chi connectivity index (χ1n) is 10.7. The highest BCUT2D eigenvalue weighted by Gasteiger charge is 2.35. The van der Waals surface area contributed by atoms with Crippen molar-refractivity contribution < 1.29 is 13.2 Å². The van der Waals surface area contributed by atoms with Crippen molar-refractivity contribution in [3.8, 4) is 0 Å². The van der Waals surface area contributed by atoms with Crippen molar-refractivity contribution in [1.29, 1.82) is 0 Å². The number of unbranched alkanes of at least 4 members (excludes halogenated alkanes) is 8. The highest BCUT2D eigenvalue weighted by Crippen LogP contribution is 2.29. The molecular formula is C19H34Cl3N3O3S2. The summed E-state index contributed by atoms with van der Waals surface area (Å²) in [5, 5.41) is 8.48. The summed E-state index contributed by atoms with van der Waals surface area (Å²) >= 11 is 23.1. The Labute approximate surface area is 201 Å². The number of alkyl halides is 3. The van der Waals surface area contributed by atoms with Gasteiger partial charge in [0.2, 0.25) is 9.70 Å². The SMILES string of the molecule is CCCCCCCCCCCC(=O)NC(NC(=S)NC1CCS(=O)(=O)C1)C(Cl)(Cl)Cl. The maximum Gasteiger partial charge on any atom is 0.228 e. The predicted octanol–water partition coefficient (Wildman–Crippen LogP) is 4.37. The molecule has 6 nitrogen and oxygen atoms in total. The second-order valence-corrected chi connectivity index (χ2v) is 12.8. The smallest absolute Gasteiger partial charge is 0.228 e. The Hall–Kier alpha value is -0.0200. The third-order valence-electron chi connectivity index (χ3n) is 4.98. The quantitative estimate of drug-likeness (QED) is 0.144. The Morgan fingerprint density at radius 2 is 1.60 bits per heavy atom. The molecule has 0 radical (unpaired) electrons. The second-order valence-electron chi connectivity index (χ2n) is 7.84. The van der Waals surface area contributed by atoms with E-state index >= 15 is 0 Å². The third-order valence-corrected chi connectivity index (χ3v) is 7.64. The fraction of sp³-hybridized carbons (Fsp3) is 0.895. The maximum atomic E-state index is 12.2. The van der Waals surface area contributed by atoms with Crippen molar-refractivity contribution in [1.82, 2.24) is 16.0 Å². The van der Waals surface area contributed by atoms with Crippen LogP contribution in [-0.4, -0.2) is 46.9 Å². The minimum atomic E-state index is -3.04. The minimum absolute atomic E-state index is 0.0121. The lowest BCUT2D eigenvalue weighted by atomic mass is 10.1. The summed E-state index contributed by atoms with van der Waals surface area (Å²) < 4.78 is 21.3. The van der Waals surface area contributed by atoms with Crippen LogP contribution in [0, 0.1) is 0 Å². The Morgan fingerprint density at radius 3 is 2.10 bits per heavy atom. The monoisotopic (exact) mass is 521 g/mol. The van der Waals surface area contributed by atoms with Gasteiger partial charge in [-0.3, -0.25) is 4.79 Å². The standard InChI is InChI=1S/C19H34Cl3N3O3S2/c1-2-3-4-5-6-7-8-9-10-11-16(26)24-17(19(20,21)22)25-18(29)23-15-12-13-30(27,28)14-15/h15,17H,2-14H2,1H3,(H,24,26)(H2,23,25,29). The summed E-state index contributed by atoms with van der Waals surface area (Å²) in [7, 11) is -3.04. The number of carbonyl (C=O) groups excluding carboxylic acids is 1. The van der Waals surface area contributed by atoms with E-state index in [1.54, 1.807) is 0 Å². The Balaban J connectivity index is 2.29. The molecule has 0 spiro atoms. The zero-order chi connectivity index (χ0) is 22.6. The second kappa shape index (κ2) is 14.2. The number of rotatable bonds is 13. The van der Waals surface area contributed by atoms with Crippen molar-refractivity contribution in [3.63, 3.8) is 0 Å².